The molecule has 5 heteroatoms. The topological polar surface area (TPSA) is 50.3 Å². The van der Waals surface area contributed by atoms with Crippen molar-refractivity contribution in [1.82, 2.24) is 4.98 Å². The highest BCUT2D eigenvalue weighted by Crippen LogP contribution is 2.35. The van der Waals surface area contributed by atoms with Gasteiger partial charge in [-0.2, -0.15) is 0 Å². The second-order valence-corrected chi connectivity index (χ2v) is 6.07. The van der Waals surface area contributed by atoms with Gasteiger partial charge in [-0.1, -0.05) is 12.1 Å². The third kappa shape index (κ3) is 2.27. The number of halogens is 1. The summed E-state index contributed by atoms with van der Waals surface area (Å²) in [4.78, 5) is 30.2. The first-order chi connectivity index (χ1) is 9.99. The lowest BCUT2D eigenvalue weighted by Crippen LogP contribution is -2.29. The van der Waals surface area contributed by atoms with Crippen molar-refractivity contribution in [2.24, 2.45) is 0 Å². The average molecular weight is 345 g/mol. The molecule has 0 fully saturated rings. The molecule has 0 saturated carbocycles. The molecule has 0 aliphatic carbocycles. The van der Waals surface area contributed by atoms with Crippen LogP contribution in [0.2, 0.25) is 0 Å². The van der Waals surface area contributed by atoms with Crippen LogP contribution in [0.25, 0.3) is 0 Å². The molecule has 0 saturated heterocycles. The van der Waals surface area contributed by atoms with E-state index in [4.69, 9.17) is 0 Å². The SMILES string of the molecule is Cc1ccc(C)c2c1C(=O)C(=O)N2Cc1cncc(Br)c1. The maximum absolute atomic E-state index is 12.3. The van der Waals surface area contributed by atoms with Gasteiger partial charge in [-0.05, 0) is 52.5 Å². The van der Waals surface area contributed by atoms with Gasteiger partial charge in [0.05, 0.1) is 17.8 Å². The molecule has 21 heavy (non-hydrogen) atoms. The largest absolute Gasteiger partial charge is 0.300 e. The maximum atomic E-state index is 12.3. The van der Waals surface area contributed by atoms with Crippen molar-refractivity contribution in [3.05, 3.63) is 57.3 Å². The number of carbonyl (C=O) groups is 2. The van der Waals surface area contributed by atoms with Gasteiger partial charge in [0.2, 0.25) is 0 Å². The Balaban J connectivity index is 2.08. The molecule has 1 aromatic heterocycles. The Hall–Kier alpha value is -2.01. The van der Waals surface area contributed by atoms with Crippen LogP contribution < -0.4 is 4.90 Å². The van der Waals surface area contributed by atoms with E-state index >= 15 is 0 Å². The molecule has 4 nitrogen and oxygen atoms in total. The van der Waals surface area contributed by atoms with Crippen molar-refractivity contribution in [2.75, 3.05) is 4.90 Å². The quantitative estimate of drug-likeness (QED) is 0.786. The number of carbonyl (C=O) groups excluding carboxylic acids is 2. The van der Waals surface area contributed by atoms with E-state index in [1.165, 1.54) is 0 Å². The van der Waals surface area contributed by atoms with Gasteiger partial charge in [0.25, 0.3) is 11.7 Å². The number of hydrogen-bond acceptors (Lipinski definition) is 3. The Morgan fingerprint density at radius 2 is 1.86 bits per heavy atom. The van der Waals surface area contributed by atoms with Gasteiger partial charge < -0.3 is 0 Å². The minimum Gasteiger partial charge on any atom is -0.300 e. The number of hydrogen-bond donors (Lipinski definition) is 0. The van der Waals surface area contributed by atoms with Crippen molar-refractivity contribution < 1.29 is 9.59 Å². The zero-order valence-electron chi connectivity index (χ0n) is 11.7. The summed E-state index contributed by atoms with van der Waals surface area (Å²) in [5, 5.41) is 0. The first kappa shape index (κ1) is 13.9. The average Bonchev–Trinajstić information content (AvgIpc) is 2.69. The number of fused-ring (bicyclic) bond motifs is 1. The molecule has 0 spiro atoms. The number of rotatable bonds is 2. The Kier molecular flexibility index (Phi) is 3.37. The van der Waals surface area contributed by atoms with Crippen molar-refractivity contribution in [3.8, 4) is 0 Å². The summed E-state index contributed by atoms with van der Waals surface area (Å²) >= 11 is 3.36. The van der Waals surface area contributed by atoms with E-state index in [1.807, 2.05) is 32.0 Å². The number of nitrogens with zero attached hydrogens (tertiary/aromatic N) is 2. The van der Waals surface area contributed by atoms with Crippen molar-refractivity contribution in [1.29, 1.82) is 0 Å². The molecule has 106 valence electrons. The van der Waals surface area contributed by atoms with Gasteiger partial charge in [0, 0.05) is 16.9 Å². The summed E-state index contributed by atoms with van der Waals surface area (Å²) < 4.78 is 0.846. The summed E-state index contributed by atoms with van der Waals surface area (Å²) in [5.41, 5.74) is 3.90. The first-order valence-corrected chi connectivity index (χ1v) is 7.34. The second kappa shape index (κ2) is 5.07. The van der Waals surface area contributed by atoms with Crippen molar-refractivity contribution in [2.45, 2.75) is 20.4 Å². The lowest BCUT2D eigenvalue weighted by Gasteiger charge is -2.19. The molecule has 1 aliphatic rings. The summed E-state index contributed by atoms with van der Waals surface area (Å²) in [7, 11) is 0. The number of amides is 1. The summed E-state index contributed by atoms with van der Waals surface area (Å²) in [6.07, 6.45) is 3.38. The van der Waals surface area contributed by atoms with E-state index in [2.05, 4.69) is 20.9 Å². The molecular formula is C16H13BrN2O2. The van der Waals surface area contributed by atoms with Crippen LogP contribution in [-0.4, -0.2) is 16.7 Å². The molecule has 1 aliphatic heterocycles. The highest BCUT2D eigenvalue weighted by Gasteiger charge is 2.38. The molecular weight excluding hydrogens is 332 g/mol. The van der Waals surface area contributed by atoms with Crippen LogP contribution in [0.15, 0.2) is 35.1 Å². The third-order valence-electron chi connectivity index (χ3n) is 3.63. The number of Topliss-reactive ketones (excluding diaryl/α,β-unsaturated/α-hetero) is 1. The van der Waals surface area contributed by atoms with Crippen molar-refractivity contribution >= 4 is 33.3 Å². The molecule has 0 radical (unpaired) electrons. The van der Waals surface area contributed by atoms with Gasteiger partial charge in [-0.15, -0.1) is 0 Å². The molecule has 0 atom stereocenters. The zero-order chi connectivity index (χ0) is 15.1. The summed E-state index contributed by atoms with van der Waals surface area (Å²) in [6.45, 7) is 4.11. The maximum Gasteiger partial charge on any atom is 0.299 e. The minimum absolute atomic E-state index is 0.342. The minimum atomic E-state index is -0.470. The summed E-state index contributed by atoms with van der Waals surface area (Å²) in [6, 6.07) is 5.71. The third-order valence-corrected chi connectivity index (χ3v) is 4.06. The molecule has 3 rings (SSSR count). The highest BCUT2D eigenvalue weighted by molar-refractivity contribution is 9.10. The lowest BCUT2D eigenvalue weighted by molar-refractivity contribution is -0.114. The molecule has 0 N–H and O–H groups in total. The molecule has 0 bridgehead atoms. The smallest absolute Gasteiger partial charge is 0.299 e. The molecule has 0 unspecified atom stereocenters. The number of aryl methyl sites for hydroxylation is 2. The van der Waals surface area contributed by atoms with E-state index in [0.29, 0.717) is 12.1 Å². The Morgan fingerprint density at radius 3 is 2.57 bits per heavy atom. The predicted molar refractivity (Wildman–Crippen MR) is 83.4 cm³/mol. The number of aromatic nitrogens is 1. The van der Waals surface area contributed by atoms with Crippen LogP contribution in [0.1, 0.15) is 27.0 Å². The fourth-order valence-corrected chi connectivity index (χ4v) is 3.05. The van der Waals surface area contributed by atoms with E-state index in [1.54, 1.807) is 17.3 Å². The normalized spacial score (nSPS) is 13.8. The van der Waals surface area contributed by atoms with Gasteiger partial charge in [0.1, 0.15) is 0 Å². The monoisotopic (exact) mass is 344 g/mol. The zero-order valence-corrected chi connectivity index (χ0v) is 13.3. The van der Waals surface area contributed by atoms with Crippen LogP contribution in [0.5, 0.6) is 0 Å². The molecule has 1 aromatic carbocycles. The molecule has 2 aromatic rings. The number of ketones is 1. The second-order valence-electron chi connectivity index (χ2n) is 5.15. The van der Waals surface area contributed by atoms with Crippen LogP contribution in [0.3, 0.4) is 0 Å². The van der Waals surface area contributed by atoms with Crippen LogP contribution >= 0.6 is 15.9 Å². The number of anilines is 1. The Morgan fingerprint density at radius 1 is 1.14 bits per heavy atom. The van der Waals surface area contributed by atoms with Crippen molar-refractivity contribution in [3.63, 3.8) is 0 Å². The lowest BCUT2D eigenvalue weighted by atomic mass is 10.0. The van der Waals surface area contributed by atoms with E-state index in [0.717, 1.165) is 26.9 Å². The number of pyridine rings is 1. The van der Waals surface area contributed by atoms with Gasteiger partial charge in [0.15, 0.2) is 0 Å². The van der Waals surface area contributed by atoms with E-state index < -0.39 is 11.7 Å². The fraction of sp³-hybridized carbons (Fsp3) is 0.188. The first-order valence-electron chi connectivity index (χ1n) is 6.55. The number of benzene rings is 1. The van der Waals surface area contributed by atoms with Crippen LogP contribution in [-0.2, 0) is 11.3 Å². The van der Waals surface area contributed by atoms with Crippen LogP contribution in [0.4, 0.5) is 5.69 Å². The standard InChI is InChI=1S/C16H13BrN2O2/c1-9-3-4-10(2)14-13(9)15(20)16(21)19(14)8-11-5-12(17)7-18-6-11/h3-7H,8H2,1-2H3. The molecule has 2 heterocycles. The summed E-state index contributed by atoms with van der Waals surface area (Å²) in [5.74, 6) is -0.892. The highest BCUT2D eigenvalue weighted by atomic mass is 79.9. The van der Waals surface area contributed by atoms with Crippen LogP contribution in [0, 0.1) is 13.8 Å². The van der Waals surface area contributed by atoms with E-state index in [-0.39, 0.29) is 0 Å². The van der Waals surface area contributed by atoms with E-state index in [9.17, 15) is 9.59 Å². The predicted octanol–water partition coefficient (Wildman–Crippen LogP) is 3.19. The molecule has 1 amide bonds. The fourth-order valence-electron chi connectivity index (χ4n) is 2.64. The van der Waals surface area contributed by atoms with Gasteiger partial charge >= 0.3 is 0 Å². The Labute approximate surface area is 130 Å². The van der Waals surface area contributed by atoms with Gasteiger partial charge in [-0.3, -0.25) is 19.5 Å². The van der Waals surface area contributed by atoms with Gasteiger partial charge in [-0.25, -0.2) is 0 Å². The Bertz CT molecular complexity index is 771.